The number of ether oxygens (including phenoxy) is 1. The average molecular weight is 469 g/mol. The van der Waals surface area contributed by atoms with Gasteiger partial charge in [0, 0.05) is 54.0 Å². The van der Waals surface area contributed by atoms with Crippen molar-refractivity contribution in [3.05, 3.63) is 102 Å². The molecule has 0 saturated heterocycles. The minimum Gasteiger partial charge on any atom is -0.457 e. The van der Waals surface area contributed by atoms with E-state index in [0.29, 0.717) is 39.4 Å². The Morgan fingerprint density at radius 2 is 1.85 bits per heavy atom. The number of carbonyl (C=O) groups excluding carboxylic acids is 1. The quantitative estimate of drug-likeness (QED) is 0.325. The fraction of sp³-hybridized carbons (Fsp3) is 0.120. The summed E-state index contributed by atoms with van der Waals surface area (Å²) in [4.78, 5) is 16.9. The van der Waals surface area contributed by atoms with Crippen molar-refractivity contribution in [3.8, 4) is 22.8 Å². The van der Waals surface area contributed by atoms with Crippen molar-refractivity contribution >= 4 is 5.91 Å². The highest BCUT2D eigenvalue weighted by Crippen LogP contribution is 2.30. The maximum atomic E-state index is 13.4. The second-order valence-corrected chi connectivity index (χ2v) is 7.49. The molecule has 1 N–H and O–H groups in total. The van der Waals surface area contributed by atoms with Crippen LogP contribution in [-0.4, -0.2) is 15.5 Å². The topological polar surface area (TPSA) is 56.2 Å². The van der Waals surface area contributed by atoms with Gasteiger partial charge in [0.2, 0.25) is 0 Å². The number of aromatic nitrogens is 2. The molecule has 0 aliphatic carbocycles. The van der Waals surface area contributed by atoms with Crippen molar-refractivity contribution in [2.75, 3.05) is 0 Å². The highest BCUT2D eigenvalue weighted by atomic mass is 19.3. The number of rotatable bonds is 7. The highest BCUT2D eigenvalue weighted by molar-refractivity contribution is 5.96. The largest absolute Gasteiger partial charge is 0.457 e. The van der Waals surface area contributed by atoms with E-state index in [9.17, 15) is 22.4 Å². The van der Waals surface area contributed by atoms with Gasteiger partial charge in [0.05, 0.1) is 5.69 Å². The van der Waals surface area contributed by atoms with Gasteiger partial charge < -0.3 is 10.1 Å². The van der Waals surface area contributed by atoms with E-state index in [0.717, 1.165) is 22.8 Å². The minimum absolute atomic E-state index is 0.0516. The van der Waals surface area contributed by atoms with Gasteiger partial charge in [-0.1, -0.05) is 6.07 Å². The Morgan fingerprint density at radius 3 is 2.56 bits per heavy atom. The Labute approximate surface area is 192 Å². The van der Waals surface area contributed by atoms with E-state index in [1.807, 2.05) is 0 Å². The van der Waals surface area contributed by atoms with Crippen LogP contribution in [0.4, 0.5) is 17.6 Å². The van der Waals surface area contributed by atoms with Crippen LogP contribution >= 0.6 is 0 Å². The van der Waals surface area contributed by atoms with Crippen LogP contribution in [0.1, 0.15) is 28.0 Å². The van der Waals surface area contributed by atoms with Gasteiger partial charge in [0.15, 0.2) is 0 Å². The Hall–Kier alpha value is -4.14. The lowest BCUT2D eigenvalue weighted by Gasteiger charge is -2.13. The monoisotopic (exact) mass is 469 g/mol. The molecule has 2 aromatic heterocycles. The van der Waals surface area contributed by atoms with E-state index < -0.39 is 24.1 Å². The van der Waals surface area contributed by atoms with Crippen LogP contribution in [0.5, 0.6) is 11.5 Å². The second kappa shape index (κ2) is 9.78. The molecule has 2 aromatic carbocycles. The number of nitrogens with one attached hydrogen (secondary N) is 1. The molecule has 0 radical (unpaired) electrons. The average Bonchev–Trinajstić information content (AvgIpc) is 3.29. The molecule has 34 heavy (non-hydrogen) atoms. The predicted octanol–water partition coefficient (Wildman–Crippen LogP) is 6.25. The van der Waals surface area contributed by atoms with Crippen LogP contribution < -0.4 is 10.1 Å². The number of hydrogen-bond donors (Lipinski definition) is 1. The molecule has 9 heteroatoms. The maximum absolute atomic E-state index is 13.4. The Kier molecular flexibility index (Phi) is 6.62. The first-order chi connectivity index (χ1) is 16.3. The molecule has 4 rings (SSSR count). The zero-order chi connectivity index (χ0) is 24.2. The molecule has 0 atom stereocenters. The Morgan fingerprint density at radius 1 is 1.09 bits per heavy atom. The first-order valence-corrected chi connectivity index (χ1v) is 10.2. The number of benzene rings is 2. The predicted molar refractivity (Wildman–Crippen MR) is 118 cm³/mol. The van der Waals surface area contributed by atoms with Crippen molar-refractivity contribution in [3.63, 3.8) is 0 Å². The summed E-state index contributed by atoms with van der Waals surface area (Å²) in [6, 6.07) is 12.7. The fourth-order valence-electron chi connectivity index (χ4n) is 3.41. The molecule has 5 nitrogen and oxygen atoms in total. The minimum atomic E-state index is -2.65. The summed E-state index contributed by atoms with van der Waals surface area (Å²) in [5, 5.41) is 2.64. The van der Waals surface area contributed by atoms with Crippen LogP contribution in [0.15, 0.2) is 73.2 Å². The first-order valence-electron chi connectivity index (χ1n) is 10.2. The molecule has 0 aliphatic heterocycles. The fourth-order valence-corrected chi connectivity index (χ4v) is 3.41. The number of carbonyl (C=O) groups is 1. The summed E-state index contributed by atoms with van der Waals surface area (Å²) in [6.45, 7) is -0.995. The van der Waals surface area contributed by atoms with Gasteiger partial charge in [-0.25, -0.2) is 8.78 Å². The summed E-state index contributed by atoms with van der Waals surface area (Å²) >= 11 is 0. The molecule has 4 aromatic rings. The number of pyridine rings is 1. The standard InChI is InChI=1S/C25H19F4N3O2/c1-15-21(24(33)31-13-16-9-18(26)11-19(27)10-16)3-2-4-23(15)34-20-5-7-30-22(12-20)17-6-8-32(14-17)25(28)29/h2-12,14,25H,13H2,1H3,(H,31,33). The lowest BCUT2D eigenvalue weighted by atomic mass is 10.1. The third-order valence-corrected chi connectivity index (χ3v) is 5.10. The molecule has 0 aliphatic rings. The van der Waals surface area contributed by atoms with E-state index in [-0.39, 0.29) is 6.54 Å². The van der Waals surface area contributed by atoms with Crippen LogP contribution in [-0.2, 0) is 6.54 Å². The first kappa shape index (κ1) is 23.0. The second-order valence-electron chi connectivity index (χ2n) is 7.49. The smallest absolute Gasteiger partial charge is 0.318 e. The third kappa shape index (κ3) is 5.25. The van der Waals surface area contributed by atoms with Crippen LogP contribution in [0.2, 0.25) is 0 Å². The van der Waals surface area contributed by atoms with E-state index >= 15 is 0 Å². The Balaban J connectivity index is 1.50. The van der Waals surface area contributed by atoms with Gasteiger partial charge in [0.1, 0.15) is 23.1 Å². The van der Waals surface area contributed by atoms with E-state index in [1.54, 1.807) is 37.3 Å². The van der Waals surface area contributed by atoms with Crippen LogP contribution in [0.3, 0.4) is 0 Å². The van der Waals surface area contributed by atoms with Crippen molar-refractivity contribution in [2.24, 2.45) is 0 Å². The SMILES string of the molecule is Cc1c(Oc2ccnc(-c3ccn(C(F)F)c3)c2)cccc1C(=O)NCc1cc(F)cc(F)c1. The number of halogens is 4. The Bertz CT molecular complexity index is 1320. The normalized spacial score (nSPS) is 11.0. The summed E-state index contributed by atoms with van der Waals surface area (Å²) in [7, 11) is 0. The summed E-state index contributed by atoms with van der Waals surface area (Å²) in [5.41, 5.74) is 2.13. The molecule has 174 valence electrons. The molecular formula is C25H19F4N3O2. The molecule has 0 saturated carbocycles. The van der Waals surface area contributed by atoms with Gasteiger partial charge in [-0.05, 0) is 48.9 Å². The number of alkyl halides is 2. The number of hydrogen-bond acceptors (Lipinski definition) is 3. The number of nitrogens with zero attached hydrogens (tertiary/aromatic N) is 2. The molecule has 0 unspecified atom stereocenters. The molecule has 0 fully saturated rings. The van der Waals surface area contributed by atoms with Gasteiger partial charge in [-0.3, -0.25) is 14.3 Å². The van der Waals surface area contributed by atoms with Gasteiger partial charge in [-0.2, -0.15) is 8.78 Å². The molecule has 2 heterocycles. The highest BCUT2D eigenvalue weighted by Gasteiger charge is 2.14. The molecule has 1 amide bonds. The van der Waals surface area contributed by atoms with Crippen molar-refractivity contribution in [1.82, 2.24) is 14.9 Å². The van der Waals surface area contributed by atoms with Crippen molar-refractivity contribution in [1.29, 1.82) is 0 Å². The van der Waals surface area contributed by atoms with Gasteiger partial charge in [0.25, 0.3) is 5.91 Å². The third-order valence-electron chi connectivity index (χ3n) is 5.10. The summed E-state index contributed by atoms with van der Waals surface area (Å²) in [5.74, 6) is -1.06. The van der Waals surface area contributed by atoms with Crippen LogP contribution in [0, 0.1) is 18.6 Å². The van der Waals surface area contributed by atoms with E-state index in [2.05, 4.69) is 10.3 Å². The summed E-state index contributed by atoms with van der Waals surface area (Å²) in [6.07, 6.45) is 4.05. The zero-order valence-electron chi connectivity index (χ0n) is 17.9. The lowest BCUT2D eigenvalue weighted by molar-refractivity contribution is 0.0707. The lowest BCUT2D eigenvalue weighted by Crippen LogP contribution is -2.23. The zero-order valence-corrected chi connectivity index (χ0v) is 17.9. The summed E-state index contributed by atoms with van der Waals surface area (Å²) < 4.78 is 59.1. The van der Waals surface area contributed by atoms with Gasteiger partial charge >= 0.3 is 6.55 Å². The van der Waals surface area contributed by atoms with Crippen LogP contribution in [0.25, 0.3) is 11.3 Å². The maximum Gasteiger partial charge on any atom is 0.318 e. The van der Waals surface area contributed by atoms with Crippen molar-refractivity contribution < 1.29 is 27.1 Å². The molecule has 0 bridgehead atoms. The molecule has 0 spiro atoms. The van der Waals surface area contributed by atoms with E-state index in [4.69, 9.17) is 4.74 Å². The molecular weight excluding hydrogens is 450 g/mol. The van der Waals surface area contributed by atoms with Crippen molar-refractivity contribution in [2.45, 2.75) is 20.0 Å². The van der Waals surface area contributed by atoms with E-state index in [1.165, 1.54) is 24.7 Å². The number of amides is 1. The van der Waals surface area contributed by atoms with Gasteiger partial charge in [-0.15, -0.1) is 0 Å².